The molecule has 1 heterocycles. The molecule has 2 aromatic rings. The van der Waals surface area contributed by atoms with Gasteiger partial charge in [0.2, 0.25) is 0 Å². The lowest BCUT2D eigenvalue weighted by atomic mass is 10.1. The number of nitrogens with one attached hydrogen (secondary N) is 1. The van der Waals surface area contributed by atoms with E-state index in [1.165, 1.54) is 0 Å². The van der Waals surface area contributed by atoms with Crippen LogP contribution in [0.15, 0.2) is 47.1 Å². The number of carbonyl (C=O) groups is 1. The van der Waals surface area contributed by atoms with Crippen LogP contribution in [0.4, 0.5) is 5.69 Å². The monoisotopic (exact) mass is 301 g/mol. The molecule has 0 unspecified atom stereocenters. The fraction of sp³-hybridized carbons (Fsp3) is 0.353. The molecule has 0 saturated heterocycles. The normalized spacial score (nSPS) is 12.2. The predicted molar refractivity (Wildman–Crippen MR) is 88.2 cm³/mol. The van der Waals surface area contributed by atoms with Gasteiger partial charge in [-0.15, -0.1) is 0 Å². The number of furan rings is 1. The van der Waals surface area contributed by atoms with E-state index >= 15 is 0 Å². The minimum atomic E-state index is -0.0814. The van der Waals surface area contributed by atoms with Gasteiger partial charge in [-0.2, -0.15) is 0 Å². The Labute approximate surface area is 131 Å². The molecule has 0 spiro atoms. The van der Waals surface area contributed by atoms with E-state index in [1.807, 2.05) is 74.4 Å². The minimum absolute atomic E-state index is 0.0102. The molecule has 5 heteroatoms. The van der Waals surface area contributed by atoms with Crippen molar-refractivity contribution in [2.24, 2.45) is 0 Å². The van der Waals surface area contributed by atoms with Gasteiger partial charge in [0.1, 0.15) is 5.76 Å². The Hall–Kier alpha value is -2.27. The van der Waals surface area contributed by atoms with Crippen LogP contribution in [-0.2, 0) is 0 Å². The summed E-state index contributed by atoms with van der Waals surface area (Å²) >= 11 is 0. The van der Waals surface area contributed by atoms with E-state index < -0.39 is 0 Å². The molecule has 1 aromatic carbocycles. The molecular weight excluding hydrogens is 278 g/mol. The number of amides is 1. The second kappa shape index (κ2) is 7.13. The number of rotatable bonds is 6. The molecular formula is C17H23N3O2. The minimum Gasteiger partial charge on any atom is -0.468 e. The highest BCUT2D eigenvalue weighted by Crippen LogP contribution is 2.18. The van der Waals surface area contributed by atoms with Crippen LogP contribution in [0.1, 0.15) is 22.2 Å². The van der Waals surface area contributed by atoms with Crippen LogP contribution in [0.3, 0.4) is 0 Å². The van der Waals surface area contributed by atoms with Gasteiger partial charge in [0, 0.05) is 31.9 Å². The van der Waals surface area contributed by atoms with Crippen LogP contribution < -0.4 is 10.2 Å². The Morgan fingerprint density at radius 2 is 1.95 bits per heavy atom. The SMILES string of the molecule is CN(C)c1cccc(C(=O)NC[C@@H](c2ccco2)N(C)C)c1. The summed E-state index contributed by atoms with van der Waals surface area (Å²) in [4.78, 5) is 16.3. The van der Waals surface area contributed by atoms with E-state index in [0.29, 0.717) is 12.1 Å². The largest absolute Gasteiger partial charge is 0.468 e. The van der Waals surface area contributed by atoms with Crippen molar-refractivity contribution < 1.29 is 9.21 Å². The number of carbonyl (C=O) groups excluding carboxylic acids is 1. The standard InChI is InChI=1S/C17H23N3O2/c1-19(2)14-8-5-7-13(11-14)17(21)18-12-15(20(3)4)16-9-6-10-22-16/h5-11,15H,12H2,1-4H3,(H,18,21)/t15-/m0/s1. The summed E-state index contributed by atoms with van der Waals surface area (Å²) in [5, 5.41) is 2.98. The van der Waals surface area contributed by atoms with Gasteiger partial charge in [0.25, 0.3) is 5.91 Å². The van der Waals surface area contributed by atoms with Gasteiger partial charge >= 0.3 is 0 Å². The van der Waals surface area contributed by atoms with Gasteiger partial charge in [0.05, 0.1) is 12.3 Å². The molecule has 22 heavy (non-hydrogen) atoms. The Kier molecular flexibility index (Phi) is 5.22. The smallest absolute Gasteiger partial charge is 0.251 e. The van der Waals surface area contributed by atoms with Gasteiger partial charge in [-0.25, -0.2) is 0 Å². The fourth-order valence-corrected chi connectivity index (χ4v) is 2.24. The summed E-state index contributed by atoms with van der Waals surface area (Å²) in [6.45, 7) is 0.492. The summed E-state index contributed by atoms with van der Waals surface area (Å²) in [6.07, 6.45) is 1.65. The molecule has 1 N–H and O–H groups in total. The highest BCUT2D eigenvalue weighted by molar-refractivity contribution is 5.95. The topological polar surface area (TPSA) is 48.7 Å². The van der Waals surface area contributed by atoms with Crippen molar-refractivity contribution in [2.75, 3.05) is 39.6 Å². The third-order valence-electron chi connectivity index (χ3n) is 3.58. The van der Waals surface area contributed by atoms with E-state index in [-0.39, 0.29) is 11.9 Å². The van der Waals surface area contributed by atoms with Gasteiger partial charge in [-0.3, -0.25) is 9.69 Å². The Bertz CT molecular complexity index is 606. The van der Waals surface area contributed by atoms with Crippen LogP contribution in [0.2, 0.25) is 0 Å². The zero-order valence-electron chi connectivity index (χ0n) is 13.5. The number of likely N-dealkylation sites (N-methyl/N-ethyl adjacent to an activating group) is 1. The lowest BCUT2D eigenvalue weighted by Crippen LogP contribution is -2.34. The van der Waals surface area contributed by atoms with Gasteiger partial charge in [0.15, 0.2) is 0 Å². The second-order valence-electron chi connectivity index (χ2n) is 5.65. The van der Waals surface area contributed by atoms with Gasteiger partial charge in [-0.1, -0.05) is 6.07 Å². The predicted octanol–water partition coefficient (Wildman–Crippen LogP) is 2.38. The van der Waals surface area contributed by atoms with Crippen LogP contribution >= 0.6 is 0 Å². The quantitative estimate of drug-likeness (QED) is 0.890. The van der Waals surface area contributed by atoms with Crippen LogP contribution in [0.25, 0.3) is 0 Å². The van der Waals surface area contributed by atoms with E-state index in [2.05, 4.69) is 5.32 Å². The van der Waals surface area contributed by atoms with Crippen molar-refractivity contribution in [1.82, 2.24) is 10.2 Å². The molecule has 0 bridgehead atoms. The van der Waals surface area contributed by atoms with E-state index in [9.17, 15) is 4.79 Å². The maximum atomic E-state index is 12.3. The van der Waals surface area contributed by atoms with E-state index in [1.54, 1.807) is 6.26 Å². The Morgan fingerprint density at radius 1 is 1.18 bits per heavy atom. The zero-order chi connectivity index (χ0) is 16.1. The van der Waals surface area contributed by atoms with Crippen molar-refractivity contribution in [3.05, 3.63) is 54.0 Å². The molecule has 118 valence electrons. The average Bonchev–Trinajstić information content (AvgIpc) is 3.01. The summed E-state index contributed by atoms with van der Waals surface area (Å²) < 4.78 is 5.45. The van der Waals surface area contributed by atoms with Crippen LogP contribution in [0.5, 0.6) is 0 Å². The molecule has 1 atom stereocenters. The van der Waals surface area contributed by atoms with Crippen molar-refractivity contribution in [3.63, 3.8) is 0 Å². The van der Waals surface area contributed by atoms with Crippen molar-refractivity contribution in [2.45, 2.75) is 6.04 Å². The molecule has 2 rings (SSSR count). The molecule has 0 fully saturated rings. The molecule has 0 aliphatic heterocycles. The van der Waals surface area contributed by atoms with Crippen LogP contribution in [-0.4, -0.2) is 45.5 Å². The molecule has 0 radical (unpaired) electrons. The lowest BCUT2D eigenvalue weighted by Gasteiger charge is -2.22. The lowest BCUT2D eigenvalue weighted by molar-refractivity contribution is 0.0939. The first-order valence-electron chi connectivity index (χ1n) is 7.24. The van der Waals surface area contributed by atoms with Crippen molar-refractivity contribution in [1.29, 1.82) is 0 Å². The van der Waals surface area contributed by atoms with Crippen LogP contribution in [0, 0.1) is 0 Å². The third kappa shape index (κ3) is 3.89. The summed E-state index contributed by atoms with van der Waals surface area (Å²) in [7, 11) is 7.84. The highest BCUT2D eigenvalue weighted by Gasteiger charge is 2.18. The Balaban J connectivity index is 2.04. The maximum absolute atomic E-state index is 12.3. The van der Waals surface area contributed by atoms with E-state index in [4.69, 9.17) is 4.42 Å². The molecule has 1 amide bonds. The van der Waals surface area contributed by atoms with Crippen molar-refractivity contribution >= 4 is 11.6 Å². The fourth-order valence-electron chi connectivity index (χ4n) is 2.24. The van der Waals surface area contributed by atoms with E-state index in [0.717, 1.165) is 11.4 Å². The highest BCUT2D eigenvalue weighted by atomic mass is 16.3. The number of hydrogen-bond donors (Lipinski definition) is 1. The molecule has 0 aliphatic carbocycles. The van der Waals surface area contributed by atoms with Gasteiger partial charge in [-0.05, 0) is 44.4 Å². The number of nitrogens with zero attached hydrogens (tertiary/aromatic N) is 2. The molecule has 0 aliphatic rings. The first-order valence-corrected chi connectivity index (χ1v) is 7.24. The first-order chi connectivity index (χ1) is 10.5. The third-order valence-corrected chi connectivity index (χ3v) is 3.58. The number of hydrogen-bond acceptors (Lipinski definition) is 4. The number of anilines is 1. The molecule has 0 saturated carbocycles. The second-order valence-corrected chi connectivity index (χ2v) is 5.65. The first kappa shape index (κ1) is 16.1. The Morgan fingerprint density at radius 3 is 2.55 bits per heavy atom. The summed E-state index contributed by atoms with van der Waals surface area (Å²) in [5.74, 6) is 0.759. The van der Waals surface area contributed by atoms with Crippen molar-refractivity contribution in [3.8, 4) is 0 Å². The zero-order valence-corrected chi connectivity index (χ0v) is 13.5. The van der Waals surface area contributed by atoms with Gasteiger partial charge < -0.3 is 14.6 Å². The summed E-state index contributed by atoms with van der Waals surface area (Å²) in [6, 6.07) is 11.4. The average molecular weight is 301 g/mol. The summed E-state index contributed by atoms with van der Waals surface area (Å²) in [5.41, 5.74) is 1.66. The molecule has 1 aromatic heterocycles. The molecule has 5 nitrogen and oxygen atoms in total. The number of benzene rings is 1. The maximum Gasteiger partial charge on any atom is 0.251 e.